The molecule has 0 bridgehead atoms. The lowest BCUT2D eigenvalue weighted by molar-refractivity contribution is 1.13. The van der Waals surface area contributed by atoms with Crippen LogP contribution in [0.15, 0.2) is 67.4 Å². The normalized spacial score (nSPS) is 11.0. The zero-order chi connectivity index (χ0) is 14.9. The molecule has 0 aliphatic rings. The Morgan fingerprint density at radius 1 is 0.909 bits per heavy atom. The van der Waals surface area contributed by atoms with Gasteiger partial charge in [0.15, 0.2) is 5.65 Å². The Morgan fingerprint density at radius 2 is 1.77 bits per heavy atom. The van der Waals surface area contributed by atoms with E-state index in [9.17, 15) is 0 Å². The van der Waals surface area contributed by atoms with Crippen LogP contribution in [-0.2, 0) is 0 Å². The van der Waals surface area contributed by atoms with E-state index < -0.39 is 0 Å². The number of rotatable bonds is 2. The second-order valence-electron chi connectivity index (χ2n) is 4.89. The third-order valence-electron chi connectivity index (χ3n) is 3.49. The van der Waals surface area contributed by atoms with Crippen molar-refractivity contribution >= 4 is 17.2 Å². The Balaban J connectivity index is 1.90. The fourth-order valence-electron chi connectivity index (χ4n) is 2.42. The lowest BCUT2D eigenvalue weighted by atomic mass is 10.1. The minimum absolute atomic E-state index is 0.694. The average Bonchev–Trinajstić information content (AvgIpc) is 2.99. The van der Waals surface area contributed by atoms with Crippen LogP contribution in [0.25, 0.3) is 28.2 Å². The van der Waals surface area contributed by atoms with E-state index in [1.165, 1.54) is 0 Å². The quantitative estimate of drug-likeness (QED) is 0.559. The monoisotopic (exact) mass is 306 g/mol. The number of halogens is 1. The van der Waals surface area contributed by atoms with Crippen molar-refractivity contribution in [3.63, 3.8) is 0 Å². The molecule has 22 heavy (non-hydrogen) atoms. The molecule has 106 valence electrons. The summed E-state index contributed by atoms with van der Waals surface area (Å²) < 4.78 is 2.03. The van der Waals surface area contributed by atoms with Gasteiger partial charge in [0.1, 0.15) is 0 Å². The average molecular weight is 307 g/mol. The Morgan fingerprint density at radius 3 is 2.59 bits per heavy atom. The van der Waals surface area contributed by atoms with E-state index in [0.717, 1.165) is 28.2 Å². The maximum absolute atomic E-state index is 6.07. The van der Waals surface area contributed by atoms with Gasteiger partial charge in [0.2, 0.25) is 0 Å². The summed E-state index contributed by atoms with van der Waals surface area (Å²) in [4.78, 5) is 12.9. The van der Waals surface area contributed by atoms with Crippen molar-refractivity contribution in [3.8, 4) is 22.5 Å². The van der Waals surface area contributed by atoms with Crippen LogP contribution in [0.2, 0.25) is 5.02 Å². The standard InChI is InChI=1S/C17H11ClN4/c18-14-3-1-2-13(8-14)15-11-22-16(9-21-17(22)10-20-15)12-4-6-19-7-5-12/h1-11H. The number of fused-ring (bicyclic) bond motifs is 1. The number of nitrogens with zero attached hydrogens (tertiary/aromatic N) is 4. The lowest BCUT2D eigenvalue weighted by Crippen LogP contribution is -1.93. The Bertz CT molecular complexity index is 947. The molecule has 0 N–H and O–H groups in total. The molecule has 0 amide bonds. The molecule has 1 aromatic carbocycles. The highest BCUT2D eigenvalue weighted by Crippen LogP contribution is 2.24. The van der Waals surface area contributed by atoms with Gasteiger partial charge < -0.3 is 0 Å². The molecule has 0 atom stereocenters. The van der Waals surface area contributed by atoms with Gasteiger partial charge in [-0.05, 0) is 24.3 Å². The Labute approximate surface area is 132 Å². The summed E-state index contributed by atoms with van der Waals surface area (Å²) in [7, 11) is 0. The molecule has 0 aliphatic heterocycles. The third kappa shape index (κ3) is 2.23. The van der Waals surface area contributed by atoms with Crippen LogP contribution < -0.4 is 0 Å². The van der Waals surface area contributed by atoms with Crippen molar-refractivity contribution < 1.29 is 0 Å². The summed E-state index contributed by atoms with van der Waals surface area (Å²) >= 11 is 6.07. The van der Waals surface area contributed by atoms with E-state index in [-0.39, 0.29) is 0 Å². The van der Waals surface area contributed by atoms with Crippen LogP contribution in [0.5, 0.6) is 0 Å². The molecule has 0 aliphatic carbocycles. The molecule has 4 aromatic rings. The van der Waals surface area contributed by atoms with Crippen LogP contribution in [0.1, 0.15) is 0 Å². The zero-order valence-corrected chi connectivity index (χ0v) is 12.3. The maximum Gasteiger partial charge on any atom is 0.155 e. The fraction of sp³-hybridized carbons (Fsp3) is 0. The predicted molar refractivity (Wildman–Crippen MR) is 86.7 cm³/mol. The molecule has 0 saturated heterocycles. The first-order valence-electron chi connectivity index (χ1n) is 6.81. The molecule has 4 rings (SSSR count). The second kappa shape index (κ2) is 5.24. The number of imidazole rings is 1. The summed E-state index contributed by atoms with van der Waals surface area (Å²) in [5.41, 5.74) is 4.69. The SMILES string of the molecule is Clc1cccc(-c2cn3c(-c4ccncc4)cnc3cn2)c1. The highest BCUT2D eigenvalue weighted by molar-refractivity contribution is 6.30. The van der Waals surface area contributed by atoms with E-state index >= 15 is 0 Å². The molecule has 0 spiro atoms. The number of hydrogen-bond donors (Lipinski definition) is 0. The largest absolute Gasteiger partial charge is 0.296 e. The molecule has 0 saturated carbocycles. The lowest BCUT2D eigenvalue weighted by Gasteiger charge is -2.05. The van der Waals surface area contributed by atoms with E-state index in [2.05, 4.69) is 15.0 Å². The summed E-state index contributed by atoms with van der Waals surface area (Å²) in [6.07, 6.45) is 9.13. The highest BCUT2D eigenvalue weighted by Gasteiger charge is 2.08. The van der Waals surface area contributed by atoms with Crippen molar-refractivity contribution in [1.29, 1.82) is 0 Å². The number of benzene rings is 1. The van der Waals surface area contributed by atoms with Crippen LogP contribution >= 0.6 is 11.6 Å². The van der Waals surface area contributed by atoms with E-state index in [1.54, 1.807) is 18.6 Å². The Kier molecular flexibility index (Phi) is 3.09. The van der Waals surface area contributed by atoms with Gasteiger partial charge in [0, 0.05) is 34.7 Å². The van der Waals surface area contributed by atoms with Crippen molar-refractivity contribution in [2.24, 2.45) is 0 Å². The molecule has 5 heteroatoms. The van der Waals surface area contributed by atoms with Gasteiger partial charge in [0.25, 0.3) is 0 Å². The third-order valence-corrected chi connectivity index (χ3v) is 3.73. The molecule has 0 unspecified atom stereocenters. The smallest absolute Gasteiger partial charge is 0.155 e. The molecular weight excluding hydrogens is 296 g/mol. The topological polar surface area (TPSA) is 43.1 Å². The predicted octanol–water partition coefficient (Wildman–Crippen LogP) is 4.11. The van der Waals surface area contributed by atoms with Gasteiger partial charge in [0.05, 0.1) is 23.8 Å². The molecular formula is C17H11ClN4. The number of aromatic nitrogens is 4. The van der Waals surface area contributed by atoms with Gasteiger partial charge in [-0.25, -0.2) is 4.98 Å². The maximum atomic E-state index is 6.07. The van der Waals surface area contributed by atoms with Crippen molar-refractivity contribution in [2.75, 3.05) is 0 Å². The summed E-state index contributed by atoms with van der Waals surface area (Å²) in [5.74, 6) is 0. The number of pyridine rings is 1. The van der Waals surface area contributed by atoms with E-state index in [1.807, 2.05) is 53.2 Å². The summed E-state index contributed by atoms with van der Waals surface area (Å²) in [5, 5.41) is 0.694. The minimum Gasteiger partial charge on any atom is -0.296 e. The van der Waals surface area contributed by atoms with Gasteiger partial charge in [-0.2, -0.15) is 0 Å². The zero-order valence-electron chi connectivity index (χ0n) is 11.5. The van der Waals surface area contributed by atoms with Crippen LogP contribution in [0.3, 0.4) is 0 Å². The van der Waals surface area contributed by atoms with Crippen LogP contribution in [-0.4, -0.2) is 19.4 Å². The van der Waals surface area contributed by atoms with E-state index in [0.29, 0.717) is 5.02 Å². The summed E-state index contributed by atoms with van der Waals surface area (Å²) in [6.45, 7) is 0. The second-order valence-corrected chi connectivity index (χ2v) is 5.33. The molecule has 4 nitrogen and oxygen atoms in total. The molecule has 0 fully saturated rings. The first-order chi connectivity index (χ1) is 10.8. The van der Waals surface area contributed by atoms with Gasteiger partial charge >= 0.3 is 0 Å². The van der Waals surface area contributed by atoms with E-state index in [4.69, 9.17) is 11.6 Å². The highest BCUT2D eigenvalue weighted by atomic mass is 35.5. The first kappa shape index (κ1) is 13.0. The van der Waals surface area contributed by atoms with Crippen LogP contribution in [0, 0.1) is 0 Å². The van der Waals surface area contributed by atoms with Gasteiger partial charge in [-0.3, -0.25) is 14.4 Å². The van der Waals surface area contributed by atoms with Crippen molar-refractivity contribution in [1.82, 2.24) is 19.4 Å². The first-order valence-corrected chi connectivity index (χ1v) is 7.18. The molecule has 0 radical (unpaired) electrons. The van der Waals surface area contributed by atoms with Crippen molar-refractivity contribution in [2.45, 2.75) is 0 Å². The number of hydrogen-bond acceptors (Lipinski definition) is 3. The fourth-order valence-corrected chi connectivity index (χ4v) is 2.61. The molecule has 3 aromatic heterocycles. The van der Waals surface area contributed by atoms with Crippen molar-refractivity contribution in [3.05, 3.63) is 72.4 Å². The van der Waals surface area contributed by atoms with Crippen LogP contribution in [0.4, 0.5) is 0 Å². The molecule has 3 heterocycles. The van der Waals surface area contributed by atoms with Gasteiger partial charge in [-0.15, -0.1) is 0 Å². The Hall–Kier alpha value is -2.72. The van der Waals surface area contributed by atoms with Gasteiger partial charge in [-0.1, -0.05) is 23.7 Å². The minimum atomic E-state index is 0.694. The summed E-state index contributed by atoms with van der Waals surface area (Å²) in [6, 6.07) is 11.6.